The van der Waals surface area contributed by atoms with Crippen LogP contribution in [0.4, 0.5) is 5.82 Å². The SMILES string of the molecule is C=CCNC(=S)NNc1ccc2ccccc2n1. The number of nitrogens with zero attached hydrogens (tertiary/aromatic N) is 1. The highest BCUT2D eigenvalue weighted by Gasteiger charge is 1.97. The molecular weight excluding hydrogens is 244 g/mol. The van der Waals surface area contributed by atoms with Gasteiger partial charge in [-0.3, -0.25) is 10.9 Å². The van der Waals surface area contributed by atoms with Crippen LogP contribution in [0.1, 0.15) is 0 Å². The standard InChI is InChI=1S/C13H14N4S/c1-2-9-14-13(18)17-16-12-8-7-10-5-3-4-6-11(10)15-12/h2-8H,1,9H2,(H,15,16)(H2,14,17,18). The molecule has 0 aliphatic rings. The number of pyridine rings is 1. The lowest BCUT2D eigenvalue weighted by Crippen LogP contribution is -2.38. The van der Waals surface area contributed by atoms with E-state index in [1.807, 2.05) is 36.4 Å². The molecule has 4 nitrogen and oxygen atoms in total. The number of aromatic nitrogens is 1. The summed E-state index contributed by atoms with van der Waals surface area (Å²) >= 11 is 5.05. The van der Waals surface area contributed by atoms with Crippen molar-refractivity contribution in [3.8, 4) is 0 Å². The number of anilines is 1. The Kier molecular flexibility index (Phi) is 4.09. The van der Waals surface area contributed by atoms with E-state index in [0.29, 0.717) is 11.7 Å². The first-order valence-electron chi connectivity index (χ1n) is 5.56. The van der Waals surface area contributed by atoms with Crippen molar-refractivity contribution in [1.82, 2.24) is 15.7 Å². The van der Waals surface area contributed by atoms with Crippen LogP contribution in [0.15, 0.2) is 49.1 Å². The van der Waals surface area contributed by atoms with Crippen molar-refractivity contribution in [3.63, 3.8) is 0 Å². The van der Waals surface area contributed by atoms with Gasteiger partial charge in [-0.25, -0.2) is 4.98 Å². The summed E-state index contributed by atoms with van der Waals surface area (Å²) in [7, 11) is 0. The molecule has 5 heteroatoms. The number of para-hydroxylation sites is 1. The second-order valence-electron chi connectivity index (χ2n) is 3.64. The van der Waals surface area contributed by atoms with Gasteiger partial charge in [-0.2, -0.15) is 0 Å². The molecule has 0 atom stereocenters. The highest BCUT2D eigenvalue weighted by Crippen LogP contribution is 2.13. The third-order valence-electron chi connectivity index (χ3n) is 2.31. The van der Waals surface area contributed by atoms with Crippen LogP contribution in [0.3, 0.4) is 0 Å². The van der Waals surface area contributed by atoms with Crippen LogP contribution >= 0.6 is 12.2 Å². The van der Waals surface area contributed by atoms with Gasteiger partial charge in [-0.1, -0.05) is 24.3 Å². The minimum atomic E-state index is 0.504. The third-order valence-corrected chi connectivity index (χ3v) is 2.56. The van der Waals surface area contributed by atoms with Crippen molar-refractivity contribution >= 4 is 34.1 Å². The zero-order valence-corrected chi connectivity index (χ0v) is 10.6. The second kappa shape index (κ2) is 5.97. The van der Waals surface area contributed by atoms with Gasteiger partial charge in [0, 0.05) is 11.9 Å². The minimum Gasteiger partial charge on any atom is -0.358 e. The Bertz CT molecular complexity index is 568. The van der Waals surface area contributed by atoms with Gasteiger partial charge in [0.25, 0.3) is 0 Å². The van der Waals surface area contributed by atoms with Crippen LogP contribution in [0.25, 0.3) is 10.9 Å². The number of benzene rings is 1. The van der Waals surface area contributed by atoms with E-state index in [-0.39, 0.29) is 0 Å². The lowest BCUT2D eigenvalue weighted by Gasteiger charge is -2.11. The number of hydrogen-bond donors (Lipinski definition) is 3. The van der Waals surface area contributed by atoms with Crippen molar-refractivity contribution < 1.29 is 0 Å². The van der Waals surface area contributed by atoms with Gasteiger partial charge in [0.1, 0.15) is 5.82 Å². The monoisotopic (exact) mass is 258 g/mol. The number of thiocarbonyl (C=S) groups is 1. The maximum absolute atomic E-state index is 5.05. The number of hydrazine groups is 1. The predicted molar refractivity (Wildman–Crippen MR) is 79.3 cm³/mol. The smallest absolute Gasteiger partial charge is 0.185 e. The Hall–Kier alpha value is -2.14. The van der Waals surface area contributed by atoms with Crippen molar-refractivity contribution in [2.24, 2.45) is 0 Å². The van der Waals surface area contributed by atoms with Crippen LogP contribution in [0, 0.1) is 0 Å². The van der Waals surface area contributed by atoms with Crippen LogP contribution in [-0.2, 0) is 0 Å². The molecule has 2 aromatic rings. The molecule has 0 amide bonds. The predicted octanol–water partition coefficient (Wildman–Crippen LogP) is 2.21. The van der Waals surface area contributed by atoms with Crippen LogP contribution in [0.5, 0.6) is 0 Å². The Morgan fingerprint density at radius 2 is 2.11 bits per heavy atom. The molecule has 1 aromatic heterocycles. The Labute approximate surface area is 111 Å². The molecule has 3 N–H and O–H groups in total. The highest BCUT2D eigenvalue weighted by molar-refractivity contribution is 7.80. The van der Waals surface area contributed by atoms with E-state index >= 15 is 0 Å². The average molecular weight is 258 g/mol. The molecule has 0 spiro atoms. The molecule has 0 aliphatic heterocycles. The van der Waals surface area contributed by atoms with Crippen molar-refractivity contribution in [3.05, 3.63) is 49.1 Å². The number of nitrogens with one attached hydrogen (secondary N) is 3. The molecule has 0 radical (unpaired) electrons. The van der Waals surface area contributed by atoms with Gasteiger partial charge < -0.3 is 5.32 Å². The zero-order valence-electron chi connectivity index (χ0n) is 9.81. The first-order chi connectivity index (χ1) is 8.79. The van der Waals surface area contributed by atoms with Gasteiger partial charge in [-0.05, 0) is 30.4 Å². The van der Waals surface area contributed by atoms with Crippen LogP contribution < -0.4 is 16.2 Å². The molecule has 92 valence electrons. The average Bonchev–Trinajstić information content (AvgIpc) is 2.42. The molecular formula is C13H14N4S. The maximum atomic E-state index is 5.05. The molecule has 2 rings (SSSR count). The number of hydrogen-bond acceptors (Lipinski definition) is 3. The summed E-state index contributed by atoms with van der Waals surface area (Å²) < 4.78 is 0. The van der Waals surface area contributed by atoms with Crippen molar-refractivity contribution in [1.29, 1.82) is 0 Å². The zero-order chi connectivity index (χ0) is 12.8. The van der Waals surface area contributed by atoms with E-state index in [2.05, 4.69) is 27.7 Å². The lowest BCUT2D eigenvalue weighted by atomic mass is 10.2. The van der Waals surface area contributed by atoms with E-state index in [4.69, 9.17) is 12.2 Å². The summed E-state index contributed by atoms with van der Waals surface area (Å²) in [5.74, 6) is 0.719. The first kappa shape index (κ1) is 12.3. The molecule has 1 heterocycles. The minimum absolute atomic E-state index is 0.504. The fourth-order valence-electron chi connectivity index (χ4n) is 1.47. The Morgan fingerprint density at radius 1 is 1.28 bits per heavy atom. The van der Waals surface area contributed by atoms with Gasteiger partial charge >= 0.3 is 0 Å². The van der Waals surface area contributed by atoms with E-state index in [0.717, 1.165) is 16.7 Å². The summed E-state index contributed by atoms with van der Waals surface area (Å²) in [6.07, 6.45) is 1.74. The van der Waals surface area contributed by atoms with E-state index in [1.54, 1.807) is 6.08 Å². The van der Waals surface area contributed by atoms with Crippen LogP contribution in [-0.4, -0.2) is 16.6 Å². The van der Waals surface area contributed by atoms with Gasteiger partial charge in [-0.15, -0.1) is 6.58 Å². The van der Waals surface area contributed by atoms with E-state index in [1.165, 1.54) is 0 Å². The highest BCUT2D eigenvalue weighted by atomic mass is 32.1. The fourth-order valence-corrected chi connectivity index (χ4v) is 1.60. The van der Waals surface area contributed by atoms with Gasteiger partial charge in [0.15, 0.2) is 5.11 Å². The van der Waals surface area contributed by atoms with E-state index < -0.39 is 0 Å². The van der Waals surface area contributed by atoms with Gasteiger partial charge in [0.2, 0.25) is 0 Å². The third kappa shape index (κ3) is 3.18. The van der Waals surface area contributed by atoms with Crippen molar-refractivity contribution in [2.75, 3.05) is 12.0 Å². The fraction of sp³-hybridized carbons (Fsp3) is 0.0769. The maximum Gasteiger partial charge on any atom is 0.185 e. The summed E-state index contributed by atoms with van der Waals surface area (Å²) in [5.41, 5.74) is 6.74. The quantitative estimate of drug-likeness (QED) is 0.446. The molecule has 1 aromatic carbocycles. The van der Waals surface area contributed by atoms with Crippen molar-refractivity contribution in [2.45, 2.75) is 0 Å². The second-order valence-corrected chi connectivity index (χ2v) is 4.05. The lowest BCUT2D eigenvalue weighted by molar-refractivity contribution is 0.973. The first-order valence-corrected chi connectivity index (χ1v) is 5.97. The Balaban J connectivity index is 1.99. The van der Waals surface area contributed by atoms with Crippen LogP contribution in [0.2, 0.25) is 0 Å². The number of rotatable bonds is 4. The summed E-state index contributed by atoms with van der Waals surface area (Å²) in [5, 5.41) is 4.56. The normalized spacial score (nSPS) is 9.78. The molecule has 0 aliphatic carbocycles. The summed E-state index contributed by atoms with van der Waals surface area (Å²) in [6.45, 7) is 4.23. The molecule has 0 bridgehead atoms. The summed E-state index contributed by atoms with van der Waals surface area (Å²) in [6, 6.07) is 11.8. The topological polar surface area (TPSA) is 49.0 Å². The number of fused-ring (bicyclic) bond motifs is 1. The van der Waals surface area contributed by atoms with E-state index in [9.17, 15) is 0 Å². The Morgan fingerprint density at radius 3 is 2.94 bits per heavy atom. The molecule has 0 saturated carbocycles. The molecule has 0 unspecified atom stereocenters. The molecule has 0 saturated heterocycles. The molecule has 0 fully saturated rings. The summed E-state index contributed by atoms with van der Waals surface area (Å²) in [4.78, 5) is 4.45. The largest absolute Gasteiger partial charge is 0.358 e. The molecule has 18 heavy (non-hydrogen) atoms. The van der Waals surface area contributed by atoms with Gasteiger partial charge in [0.05, 0.1) is 5.52 Å².